The SMILES string of the molecule is OC1(c2cc(F)ccc2F)C2CCCC21. The van der Waals surface area contributed by atoms with Crippen molar-refractivity contribution in [3.8, 4) is 0 Å². The summed E-state index contributed by atoms with van der Waals surface area (Å²) < 4.78 is 26.5. The molecular formula is C12H12F2O. The van der Waals surface area contributed by atoms with Gasteiger partial charge in [0.15, 0.2) is 0 Å². The molecule has 1 aromatic carbocycles. The molecule has 80 valence electrons. The highest BCUT2D eigenvalue weighted by Crippen LogP contribution is 2.66. The lowest BCUT2D eigenvalue weighted by Crippen LogP contribution is -2.15. The van der Waals surface area contributed by atoms with Crippen LogP contribution in [0.5, 0.6) is 0 Å². The van der Waals surface area contributed by atoms with Crippen molar-refractivity contribution in [1.82, 2.24) is 0 Å². The van der Waals surface area contributed by atoms with Crippen LogP contribution in [0.25, 0.3) is 0 Å². The van der Waals surface area contributed by atoms with E-state index in [4.69, 9.17) is 0 Å². The van der Waals surface area contributed by atoms with Crippen LogP contribution < -0.4 is 0 Å². The van der Waals surface area contributed by atoms with E-state index in [0.717, 1.165) is 37.5 Å². The second-order valence-corrected chi connectivity index (χ2v) is 4.59. The second-order valence-electron chi connectivity index (χ2n) is 4.59. The summed E-state index contributed by atoms with van der Waals surface area (Å²) in [7, 11) is 0. The van der Waals surface area contributed by atoms with Gasteiger partial charge in [0.25, 0.3) is 0 Å². The van der Waals surface area contributed by atoms with Crippen molar-refractivity contribution in [2.24, 2.45) is 11.8 Å². The molecule has 3 rings (SSSR count). The van der Waals surface area contributed by atoms with Gasteiger partial charge in [-0.15, -0.1) is 0 Å². The monoisotopic (exact) mass is 210 g/mol. The van der Waals surface area contributed by atoms with E-state index in [2.05, 4.69) is 0 Å². The second kappa shape index (κ2) is 2.79. The predicted octanol–water partition coefficient (Wildman–Crippen LogP) is 2.58. The highest BCUT2D eigenvalue weighted by atomic mass is 19.1. The molecule has 0 amide bonds. The summed E-state index contributed by atoms with van der Waals surface area (Å²) in [6.07, 6.45) is 2.95. The van der Waals surface area contributed by atoms with Crippen LogP contribution in [0, 0.1) is 23.5 Å². The lowest BCUT2D eigenvalue weighted by atomic mass is 9.98. The molecule has 2 unspecified atom stereocenters. The minimum atomic E-state index is -1.08. The topological polar surface area (TPSA) is 20.2 Å². The standard InChI is InChI=1S/C12H12F2O/c13-7-4-5-11(14)10(6-7)12(15)8-2-1-3-9(8)12/h4-6,8-9,15H,1-3H2. The molecular weight excluding hydrogens is 198 g/mol. The molecule has 0 saturated heterocycles. The highest BCUT2D eigenvalue weighted by molar-refractivity contribution is 5.35. The Morgan fingerprint density at radius 1 is 1.20 bits per heavy atom. The van der Waals surface area contributed by atoms with Crippen molar-refractivity contribution in [3.05, 3.63) is 35.4 Å². The number of halogens is 2. The fourth-order valence-electron chi connectivity index (χ4n) is 3.13. The van der Waals surface area contributed by atoms with Gasteiger partial charge in [-0.25, -0.2) is 8.78 Å². The molecule has 1 aromatic rings. The minimum absolute atomic E-state index is 0.147. The number of hydrogen-bond acceptors (Lipinski definition) is 1. The van der Waals surface area contributed by atoms with E-state index in [9.17, 15) is 13.9 Å². The lowest BCUT2D eigenvalue weighted by Gasteiger charge is -2.15. The quantitative estimate of drug-likeness (QED) is 0.755. The summed E-state index contributed by atoms with van der Waals surface area (Å²) in [6.45, 7) is 0. The summed E-state index contributed by atoms with van der Waals surface area (Å²) in [5.74, 6) is -0.680. The molecule has 2 saturated carbocycles. The third-order valence-corrected chi connectivity index (χ3v) is 3.90. The Morgan fingerprint density at radius 3 is 2.53 bits per heavy atom. The third-order valence-electron chi connectivity index (χ3n) is 3.90. The smallest absolute Gasteiger partial charge is 0.129 e. The number of aliphatic hydroxyl groups is 1. The molecule has 1 N–H and O–H groups in total. The maximum atomic E-state index is 13.5. The fraction of sp³-hybridized carbons (Fsp3) is 0.500. The Morgan fingerprint density at radius 2 is 1.87 bits per heavy atom. The lowest BCUT2D eigenvalue weighted by molar-refractivity contribution is 0.101. The molecule has 0 bridgehead atoms. The van der Waals surface area contributed by atoms with E-state index in [0.29, 0.717) is 0 Å². The van der Waals surface area contributed by atoms with Gasteiger partial charge < -0.3 is 5.11 Å². The van der Waals surface area contributed by atoms with Crippen LogP contribution in [-0.4, -0.2) is 5.11 Å². The van der Waals surface area contributed by atoms with Crippen molar-refractivity contribution >= 4 is 0 Å². The summed E-state index contributed by atoms with van der Waals surface area (Å²) in [5, 5.41) is 10.3. The van der Waals surface area contributed by atoms with Gasteiger partial charge in [0.2, 0.25) is 0 Å². The molecule has 1 nitrogen and oxygen atoms in total. The maximum Gasteiger partial charge on any atom is 0.129 e. The number of fused-ring (bicyclic) bond motifs is 1. The molecule has 15 heavy (non-hydrogen) atoms. The van der Waals surface area contributed by atoms with Gasteiger partial charge in [0.1, 0.15) is 11.6 Å². The first-order valence-electron chi connectivity index (χ1n) is 5.32. The highest BCUT2D eigenvalue weighted by Gasteiger charge is 2.67. The van der Waals surface area contributed by atoms with Gasteiger partial charge in [-0.1, -0.05) is 6.42 Å². The van der Waals surface area contributed by atoms with E-state index in [1.807, 2.05) is 0 Å². The normalized spacial score (nSPS) is 37.8. The molecule has 0 aliphatic heterocycles. The van der Waals surface area contributed by atoms with Crippen LogP contribution in [0.1, 0.15) is 24.8 Å². The largest absolute Gasteiger partial charge is 0.384 e. The van der Waals surface area contributed by atoms with Crippen molar-refractivity contribution in [3.63, 3.8) is 0 Å². The Labute approximate surface area is 86.7 Å². The molecule has 3 heteroatoms. The zero-order chi connectivity index (χ0) is 10.6. The van der Waals surface area contributed by atoms with Crippen molar-refractivity contribution < 1.29 is 13.9 Å². The Bertz CT molecular complexity index is 406. The molecule has 0 aromatic heterocycles. The van der Waals surface area contributed by atoms with Crippen molar-refractivity contribution in [2.45, 2.75) is 24.9 Å². The summed E-state index contributed by atoms with van der Waals surface area (Å²) in [6, 6.07) is 3.31. The molecule has 2 fully saturated rings. The zero-order valence-electron chi connectivity index (χ0n) is 8.21. The molecule has 0 radical (unpaired) electrons. The fourth-order valence-corrected chi connectivity index (χ4v) is 3.13. The Balaban J connectivity index is 2.03. The average molecular weight is 210 g/mol. The van der Waals surface area contributed by atoms with Crippen LogP contribution in [0.15, 0.2) is 18.2 Å². The van der Waals surface area contributed by atoms with E-state index in [-0.39, 0.29) is 17.4 Å². The van der Waals surface area contributed by atoms with Crippen molar-refractivity contribution in [1.29, 1.82) is 0 Å². The Hall–Kier alpha value is -0.960. The first kappa shape index (κ1) is 9.28. The van der Waals surface area contributed by atoms with E-state index in [1.54, 1.807) is 0 Å². The summed E-state index contributed by atoms with van der Waals surface area (Å²) in [5.41, 5.74) is -0.929. The van der Waals surface area contributed by atoms with Gasteiger partial charge in [-0.05, 0) is 42.9 Å². The Kier molecular flexibility index (Phi) is 1.72. The summed E-state index contributed by atoms with van der Waals surface area (Å²) in [4.78, 5) is 0. The third kappa shape index (κ3) is 1.10. The van der Waals surface area contributed by atoms with Crippen molar-refractivity contribution in [2.75, 3.05) is 0 Å². The number of rotatable bonds is 1. The molecule has 0 spiro atoms. The molecule has 0 heterocycles. The van der Waals surface area contributed by atoms with E-state index >= 15 is 0 Å². The van der Waals surface area contributed by atoms with Crippen LogP contribution in [0.2, 0.25) is 0 Å². The molecule has 2 aliphatic carbocycles. The van der Waals surface area contributed by atoms with Gasteiger partial charge >= 0.3 is 0 Å². The number of hydrogen-bond donors (Lipinski definition) is 1. The van der Waals surface area contributed by atoms with Crippen LogP contribution >= 0.6 is 0 Å². The molecule has 2 atom stereocenters. The zero-order valence-corrected chi connectivity index (χ0v) is 8.21. The first-order chi connectivity index (χ1) is 7.14. The van der Waals surface area contributed by atoms with Crippen LogP contribution in [0.4, 0.5) is 8.78 Å². The summed E-state index contributed by atoms with van der Waals surface area (Å²) >= 11 is 0. The van der Waals surface area contributed by atoms with E-state index in [1.165, 1.54) is 0 Å². The average Bonchev–Trinajstić information content (AvgIpc) is 2.67. The van der Waals surface area contributed by atoms with Crippen LogP contribution in [0.3, 0.4) is 0 Å². The maximum absolute atomic E-state index is 13.5. The molecule has 2 aliphatic rings. The first-order valence-corrected chi connectivity index (χ1v) is 5.32. The van der Waals surface area contributed by atoms with Crippen LogP contribution in [-0.2, 0) is 5.60 Å². The minimum Gasteiger partial charge on any atom is -0.384 e. The van der Waals surface area contributed by atoms with Gasteiger partial charge in [0.05, 0.1) is 5.60 Å². The predicted molar refractivity (Wildman–Crippen MR) is 51.1 cm³/mol. The van der Waals surface area contributed by atoms with Gasteiger partial charge in [0, 0.05) is 5.56 Å². The van der Waals surface area contributed by atoms with Gasteiger partial charge in [-0.2, -0.15) is 0 Å². The number of benzene rings is 1. The van der Waals surface area contributed by atoms with Gasteiger partial charge in [-0.3, -0.25) is 0 Å². The van der Waals surface area contributed by atoms with E-state index < -0.39 is 17.2 Å².